The third-order valence-electron chi connectivity index (χ3n) is 5.62. The summed E-state index contributed by atoms with van der Waals surface area (Å²) in [6, 6.07) is 11.2. The van der Waals surface area contributed by atoms with Gasteiger partial charge in [0.25, 0.3) is 0 Å². The van der Waals surface area contributed by atoms with E-state index in [1.807, 2.05) is 20.8 Å². The summed E-state index contributed by atoms with van der Waals surface area (Å²) in [6.07, 6.45) is 0. The number of halogens is 1. The van der Waals surface area contributed by atoms with Gasteiger partial charge in [-0.25, -0.2) is 9.78 Å². The number of hydrogen-bond donors (Lipinski definition) is 1. The molecule has 0 saturated carbocycles. The van der Waals surface area contributed by atoms with Gasteiger partial charge in [0.2, 0.25) is 5.88 Å². The van der Waals surface area contributed by atoms with Crippen LogP contribution in [0, 0.1) is 43.4 Å². The lowest BCUT2D eigenvalue weighted by atomic mass is 9.83. The van der Waals surface area contributed by atoms with E-state index < -0.39 is 11.9 Å². The zero-order valence-corrected chi connectivity index (χ0v) is 20.8. The third-order valence-corrected chi connectivity index (χ3v) is 6.94. The Hall–Kier alpha value is -3.46. The highest BCUT2D eigenvalue weighted by atomic mass is 35.5. The van der Waals surface area contributed by atoms with Crippen LogP contribution in [0.1, 0.15) is 40.8 Å². The lowest BCUT2D eigenvalue weighted by Crippen LogP contribution is -2.27. The number of hydrogen-bond acceptors (Lipinski definition) is 8. The monoisotopic (exact) mass is 494 g/mol. The van der Waals surface area contributed by atoms with Crippen molar-refractivity contribution in [2.75, 3.05) is 12.4 Å². The normalized spacial score (nSPS) is 15.4. The number of benzene rings is 1. The fraction of sp³-hybridized carbons (Fsp3) is 0.280. The zero-order valence-electron chi connectivity index (χ0n) is 19.2. The number of pyridine rings is 1. The molecule has 0 spiro atoms. The van der Waals surface area contributed by atoms with Crippen LogP contribution in [0.2, 0.25) is 5.02 Å². The van der Waals surface area contributed by atoms with Crippen LogP contribution in [0.25, 0.3) is 0 Å². The second-order valence-electron chi connectivity index (χ2n) is 7.53. The maximum Gasteiger partial charge on any atom is 0.338 e. The van der Waals surface area contributed by atoms with Gasteiger partial charge in [0.15, 0.2) is 0 Å². The molecule has 174 valence electrons. The predicted molar refractivity (Wildman–Crippen MR) is 130 cm³/mol. The molecule has 1 aliphatic rings. The Morgan fingerprint density at radius 1 is 1.24 bits per heavy atom. The summed E-state index contributed by atoms with van der Waals surface area (Å²) in [6.45, 7) is 7.50. The van der Waals surface area contributed by atoms with E-state index in [0.29, 0.717) is 21.2 Å². The van der Waals surface area contributed by atoms with Gasteiger partial charge in [0.05, 0.1) is 29.4 Å². The van der Waals surface area contributed by atoms with E-state index in [4.69, 9.17) is 26.8 Å². The van der Waals surface area contributed by atoms with E-state index in [1.165, 1.54) is 11.8 Å². The molecule has 0 radical (unpaired) electrons. The topological polar surface area (TPSA) is 122 Å². The molecule has 2 N–H and O–H groups in total. The van der Waals surface area contributed by atoms with Crippen LogP contribution >= 0.6 is 23.4 Å². The third kappa shape index (κ3) is 4.75. The molecule has 0 saturated heterocycles. The van der Waals surface area contributed by atoms with Gasteiger partial charge in [0, 0.05) is 10.7 Å². The van der Waals surface area contributed by atoms with Crippen molar-refractivity contribution in [1.82, 2.24) is 4.98 Å². The molecule has 1 atom stereocenters. The number of thioether (sulfide) groups is 1. The molecule has 2 heterocycles. The molecule has 34 heavy (non-hydrogen) atoms. The summed E-state index contributed by atoms with van der Waals surface area (Å²) in [5.41, 5.74) is 9.94. The van der Waals surface area contributed by atoms with Crippen LogP contribution in [0.15, 0.2) is 52.1 Å². The highest BCUT2D eigenvalue weighted by Crippen LogP contribution is 2.43. The first-order valence-electron chi connectivity index (χ1n) is 10.5. The van der Waals surface area contributed by atoms with Crippen molar-refractivity contribution in [2.24, 2.45) is 5.73 Å². The molecule has 0 bridgehead atoms. The molecule has 2 aromatic rings. The summed E-state index contributed by atoms with van der Waals surface area (Å²) in [5.74, 6) is -1.23. The fourth-order valence-corrected chi connectivity index (χ4v) is 4.93. The van der Waals surface area contributed by atoms with Gasteiger partial charge in [-0.2, -0.15) is 10.5 Å². The molecule has 1 aromatic heterocycles. The Morgan fingerprint density at radius 2 is 1.94 bits per heavy atom. The molecule has 9 heteroatoms. The van der Waals surface area contributed by atoms with Gasteiger partial charge >= 0.3 is 5.97 Å². The molecule has 0 fully saturated rings. The van der Waals surface area contributed by atoms with Crippen LogP contribution in [-0.2, 0) is 14.3 Å². The van der Waals surface area contributed by atoms with Crippen LogP contribution in [0.4, 0.5) is 0 Å². The Kier molecular flexibility index (Phi) is 7.88. The summed E-state index contributed by atoms with van der Waals surface area (Å²) >= 11 is 7.69. The van der Waals surface area contributed by atoms with Crippen LogP contribution in [-0.4, -0.2) is 23.3 Å². The van der Waals surface area contributed by atoms with Gasteiger partial charge in [-0.05, 0) is 50.5 Å². The van der Waals surface area contributed by atoms with Gasteiger partial charge in [-0.15, -0.1) is 0 Å². The summed E-state index contributed by atoms with van der Waals surface area (Å²) < 4.78 is 11.1. The number of esters is 1. The number of aryl methyl sites for hydroxylation is 1. The second kappa shape index (κ2) is 10.6. The van der Waals surface area contributed by atoms with E-state index in [2.05, 4.69) is 17.1 Å². The average molecular weight is 495 g/mol. The van der Waals surface area contributed by atoms with Crippen molar-refractivity contribution < 1.29 is 14.3 Å². The highest BCUT2D eigenvalue weighted by molar-refractivity contribution is 7.99. The van der Waals surface area contributed by atoms with Crippen molar-refractivity contribution in [3.8, 4) is 12.1 Å². The molecule has 7 nitrogen and oxygen atoms in total. The predicted octanol–water partition coefficient (Wildman–Crippen LogP) is 4.95. The first-order valence-corrected chi connectivity index (χ1v) is 11.8. The minimum absolute atomic E-state index is 0.0720. The molecular weight excluding hydrogens is 472 g/mol. The highest BCUT2D eigenvalue weighted by Gasteiger charge is 2.38. The van der Waals surface area contributed by atoms with E-state index in [-0.39, 0.29) is 35.1 Å². The number of aromatic nitrogens is 1. The van der Waals surface area contributed by atoms with E-state index in [0.717, 1.165) is 16.8 Å². The van der Waals surface area contributed by atoms with Crippen LogP contribution in [0.3, 0.4) is 0 Å². The Bertz CT molecular complexity index is 1300. The first kappa shape index (κ1) is 25.2. The van der Waals surface area contributed by atoms with Crippen molar-refractivity contribution in [3.63, 3.8) is 0 Å². The molecule has 0 amide bonds. The summed E-state index contributed by atoms with van der Waals surface area (Å²) in [7, 11) is 0. The van der Waals surface area contributed by atoms with E-state index in [1.54, 1.807) is 31.2 Å². The van der Waals surface area contributed by atoms with Gasteiger partial charge in [0.1, 0.15) is 28.5 Å². The van der Waals surface area contributed by atoms with Gasteiger partial charge in [-0.1, -0.05) is 41.6 Å². The van der Waals surface area contributed by atoms with Crippen molar-refractivity contribution >= 4 is 29.3 Å². The zero-order chi connectivity index (χ0) is 25.0. The van der Waals surface area contributed by atoms with E-state index in [9.17, 15) is 15.3 Å². The van der Waals surface area contributed by atoms with Crippen LogP contribution in [0.5, 0.6) is 0 Å². The first-order chi connectivity index (χ1) is 16.2. The lowest BCUT2D eigenvalue weighted by molar-refractivity contribution is -0.139. The van der Waals surface area contributed by atoms with Crippen molar-refractivity contribution in [2.45, 2.75) is 38.6 Å². The maximum atomic E-state index is 13.1. The smallest absolute Gasteiger partial charge is 0.338 e. The summed E-state index contributed by atoms with van der Waals surface area (Å²) in [5, 5.41) is 20.4. The standard InChI is InChI=1S/C25H23ClN4O3S/c1-5-32-25(31)22-20(12-34-24-17(10-27)14(3)13(2)15(4)30-24)33-23(29)18(11-28)21(22)16-8-6-7-9-19(16)26/h6-9,21H,5,12,29H2,1-4H3/t21-/m1/s1. The molecule has 1 aromatic carbocycles. The Morgan fingerprint density at radius 3 is 2.56 bits per heavy atom. The fourth-order valence-electron chi connectivity index (χ4n) is 3.66. The Labute approximate surface area is 207 Å². The molecule has 0 aliphatic carbocycles. The quantitative estimate of drug-likeness (QED) is 0.442. The average Bonchev–Trinajstić information content (AvgIpc) is 2.81. The second-order valence-corrected chi connectivity index (χ2v) is 8.90. The van der Waals surface area contributed by atoms with Crippen LogP contribution < -0.4 is 5.73 Å². The number of allylic oxidation sites excluding steroid dienone is 1. The minimum Gasteiger partial charge on any atom is -0.463 e. The number of carbonyl (C=O) groups excluding carboxylic acids is 1. The number of ether oxygens (including phenoxy) is 2. The maximum absolute atomic E-state index is 13.1. The molecule has 0 unspecified atom stereocenters. The number of rotatable bonds is 6. The number of carbonyl (C=O) groups is 1. The van der Waals surface area contributed by atoms with Crippen molar-refractivity contribution in [3.05, 3.63) is 80.0 Å². The van der Waals surface area contributed by atoms with Crippen molar-refractivity contribution in [1.29, 1.82) is 10.5 Å². The SMILES string of the molecule is CCOC(=O)C1=C(CSc2nc(C)c(C)c(C)c2C#N)OC(N)=C(C#N)[C@H]1c1ccccc1Cl. The number of nitriles is 2. The molecular formula is C25H23ClN4O3S. The molecule has 3 rings (SSSR count). The summed E-state index contributed by atoms with van der Waals surface area (Å²) in [4.78, 5) is 17.7. The molecule has 1 aliphatic heterocycles. The number of nitrogens with two attached hydrogens (primary N) is 1. The largest absolute Gasteiger partial charge is 0.463 e. The van der Waals surface area contributed by atoms with E-state index >= 15 is 0 Å². The minimum atomic E-state index is -0.855. The number of nitrogens with zero attached hydrogens (tertiary/aromatic N) is 3. The Balaban J connectivity index is 2.14. The van der Waals surface area contributed by atoms with Gasteiger partial charge < -0.3 is 15.2 Å². The lowest BCUT2D eigenvalue weighted by Gasteiger charge is -2.28. The van der Waals surface area contributed by atoms with Gasteiger partial charge in [-0.3, -0.25) is 0 Å².